The van der Waals surface area contributed by atoms with E-state index in [-0.39, 0.29) is 16.3 Å². The average Bonchev–Trinajstić information content (AvgIpc) is 2.79. The summed E-state index contributed by atoms with van der Waals surface area (Å²) in [7, 11) is -1.19. The van der Waals surface area contributed by atoms with Crippen molar-refractivity contribution in [3.05, 3.63) is 48.5 Å². The highest BCUT2D eigenvalue weighted by molar-refractivity contribution is 7.92. The van der Waals surface area contributed by atoms with Gasteiger partial charge >= 0.3 is 0 Å². The van der Waals surface area contributed by atoms with Gasteiger partial charge in [0.05, 0.1) is 36.9 Å². The number of hydrogen-bond donors (Lipinski definition) is 2. The lowest BCUT2D eigenvalue weighted by Gasteiger charge is -2.30. The summed E-state index contributed by atoms with van der Waals surface area (Å²) in [5, 5.41) is 13.0. The monoisotopic (exact) mass is 448 g/mol. The van der Waals surface area contributed by atoms with Crippen LogP contribution >= 0.6 is 0 Å². The minimum atomic E-state index is -4.09. The van der Waals surface area contributed by atoms with Crippen molar-refractivity contribution in [1.82, 2.24) is 5.32 Å². The van der Waals surface area contributed by atoms with E-state index < -0.39 is 34.6 Å². The van der Waals surface area contributed by atoms with Crippen molar-refractivity contribution in [2.45, 2.75) is 42.7 Å². The molecule has 2 N–H and O–H groups in total. The number of anilines is 1. The summed E-state index contributed by atoms with van der Waals surface area (Å²) in [5.74, 6) is 0.202. The molecule has 1 saturated carbocycles. The zero-order valence-electron chi connectivity index (χ0n) is 17.7. The van der Waals surface area contributed by atoms with Crippen molar-refractivity contribution >= 4 is 21.6 Å². The van der Waals surface area contributed by atoms with Crippen LogP contribution in [0.3, 0.4) is 0 Å². The highest BCUT2D eigenvalue weighted by Crippen LogP contribution is 2.35. The quantitative estimate of drug-likeness (QED) is 0.642. The maximum Gasteiger partial charge on any atom is 0.264 e. The van der Waals surface area contributed by atoms with E-state index in [0.29, 0.717) is 18.6 Å². The van der Waals surface area contributed by atoms with Gasteiger partial charge in [0.15, 0.2) is 0 Å². The molecule has 0 aliphatic heterocycles. The van der Waals surface area contributed by atoms with Crippen LogP contribution in [0, 0.1) is 0 Å². The molecule has 9 heteroatoms. The minimum absolute atomic E-state index is 0.0466. The Hall–Kier alpha value is -2.78. The SMILES string of the molecule is COc1ccc(OC)c(N(CC(=O)N[C@@H]2CCCC[C@H]2O)S(=O)(=O)c2ccccc2)c1. The first-order chi connectivity index (χ1) is 14.9. The minimum Gasteiger partial charge on any atom is -0.497 e. The summed E-state index contributed by atoms with van der Waals surface area (Å²) in [5.41, 5.74) is 0.185. The number of rotatable bonds is 8. The van der Waals surface area contributed by atoms with Crippen LogP contribution in [-0.2, 0) is 14.8 Å². The van der Waals surface area contributed by atoms with Crippen molar-refractivity contribution in [2.75, 3.05) is 25.1 Å². The summed E-state index contributed by atoms with van der Waals surface area (Å²) in [6, 6.07) is 12.2. The largest absolute Gasteiger partial charge is 0.497 e. The fourth-order valence-corrected chi connectivity index (χ4v) is 5.12. The van der Waals surface area contributed by atoms with E-state index in [0.717, 1.165) is 17.1 Å². The zero-order valence-corrected chi connectivity index (χ0v) is 18.5. The Morgan fingerprint density at radius 3 is 2.45 bits per heavy atom. The zero-order chi connectivity index (χ0) is 22.4. The normalized spacial score (nSPS) is 18.8. The highest BCUT2D eigenvalue weighted by Gasteiger charge is 2.31. The van der Waals surface area contributed by atoms with Crippen LogP contribution in [0.15, 0.2) is 53.4 Å². The molecular formula is C22H28N2O6S. The topological polar surface area (TPSA) is 105 Å². The number of nitrogens with one attached hydrogen (secondary N) is 1. The first kappa shape index (κ1) is 22.9. The third kappa shape index (κ3) is 5.29. The summed E-state index contributed by atoms with van der Waals surface area (Å²) >= 11 is 0. The standard InChI is InChI=1S/C22H28N2O6S/c1-29-16-12-13-21(30-2)19(14-16)24(31(27,28)17-8-4-3-5-9-17)15-22(26)23-18-10-6-7-11-20(18)25/h3-5,8-9,12-14,18,20,25H,6-7,10-11,15H2,1-2H3,(H,23,26)/t18-,20-/m1/s1. The van der Waals surface area contributed by atoms with Crippen molar-refractivity contribution in [1.29, 1.82) is 0 Å². The number of benzene rings is 2. The maximum atomic E-state index is 13.5. The van der Waals surface area contributed by atoms with Gasteiger partial charge in [0.2, 0.25) is 5.91 Å². The Kier molecular flexibility index (Phi) is 7.40. The van der Waals surface area contributed by atoms with Crippen molar-refractivity contribution in [2.24, 2.45) is 0 Å². The number of hydrogen-bond acceptors (Lipinski definition) is 6. The van der Waals surface area contributed by atoms with Crippen molar-refractivity contribution in [3.63, 3.8) is 0 Å². The number of aliphatic hydroxyl groups excluding tert-OH is 1. The summed E-state index contributed by atoms with van der Waals surface area (Å²) in [4.78, 5) is 12.9. The van der Waals surface area contributed by atoms with Crippen LogP contribution in [0.25, 0.3) is 0 Å². The molecule has 0 saturated heterocycles. The second kappa shape index (κ2) is 10.0. The molecule has 3 rings (SSSR count). The Balaban J connectivity index is 1.98. The molecule has 1 amide bonds. The number of carbonyl (C=O) groups excluding carboxylic acids is 1. The molecule has 0 unspecified atom stereocenters. The first-order valence-corrected chi connectivity index (χ1v) is 11.6. The Bertz CT molecular complexity index is 996. The lowest BCUT2D eigenvalue weighted by Crippen LogP contribution is -2.49. The van der Waals surface area contributed by atoms with Crippen LogP contribution in [0.1, 0.15) is 25.7 Å². The number of amides is 1. The van der Waals surface area contributed by atoms with Crippen LogP contribution in [-0.4, -0.2) is 52.3 Å². The lowest BCUT2D eigenvalue weighted by atomic mass is 9.92. The molecule has 2 aromatic rings. The molecule has 2 atom stereocenters. The molecule has 0 bridgehead atoms. The number of carbonyl (C=O) groups is 1. The number of methoxy groups -OCH3 is 2. The summed E-state index contributed by atoms with van der Waals surface area (Å²) in [6.07, 6.45) is 2.44. The fourth-order valence-electron chi connectivity index (χ4n) is 3.67. The Labute approximate surface area is 182 Å². The van der Waals surface area contributed by atoms with E-state index in [1.165, 1.54) is 32.4 Å². The molecule has 0 heterocycles. The third-order valence-electron chi connectivity index (χ3n) is 5.35. The number of aliphatic hydroxyl groups is 1. The van der Waals surface area contributed by atoms with E-state index in [2.05, 4.69) is 5.32 Å². The van der Waals surface area contributed by atoms with Gasteiger partial charge in [-0.3, -0.25) is 9.10 Å². The molecule has 168 valence electrons. The van der Waals surface area contributed by atoms with Crippen molar-refractivity contribution < 1.29 is 27.8 Å². The second-order valence-corrected chi connectivity index (χ2v) is 9.25. The number of sulfonamides is 1. The van der Waals surface area contributed by atoms with Crippen LogP contribution < -0.4 is 19.1 Å². The van der Waals surface area contributed by atoms with Crippen LogP contribution in [0.2, 0.25) is 0 Å². The van der Waals surface area contributed by atoms with Gasteiger partial charge in [0, 0.05) is 6.07 Å². The van der Waals surface area contributed by atoms with E-state index in [1.54, 1.807) is 30.3 Å². The molecule has 1 aliphatic rings. The predicted octanol–water partition coefficient (Wildman–Crippen LogP) is 2.32. The lowest BCUT2D eigenvalue weighted by molar-refractivity contribution is -0.121. The summed E-state index contributed by atoms with van der Waals surface area (Å²) < 4.78 is 38.6. The molecule has 0 radical (unpaired) electrons. The van der Waals surface area contributed by atoms with E-state index >= 15 is 0 Å². The molecule has 0 spiro atoms. The van der Waals surface area contributed by atoms with Gasteiger partial charge in [0.25, 0.3) is 10.0 Å². The first-order valence-electron chi connectivity index (χ1n) is 10.1. The van der Waals surface area contributed by atoms with Gasteiger partial charge in [-0.25, -0.2) is 8.42 Å². The van der Waals surface area contributed by atoms with Gasteiger partial charge in [-0.15, -0.1) is 0 Å². The van der Waals surface area contributed by atoms with E-state index in [1.807, 2.05) is 0 Å². The van der Waals surface area contributed by atoms with Crippen LogP contribution in [0.4, 0.5) is 5.69 Å². The fraction of sp³-hybridized carbons (Fsp3) is 0.409. The second-order valence-electron chi connectivity index (χ2n) is 7.39. The molecule has 31 heavy (non-hydrogen) atoms. The molecule has 2 aromatic carbocycles. The van der Waals surface area contributed by atoms with Gasteiger partial charge in [-0.2, -0.15) is 0 Å². The van der Waals surface area contributed by atoms with Gasteiger partial charge in [-0.1, -0.05) is 31.0 Å². The molecule has 1 aliphatic carbocycles. The average molecular weight is 449 g/mol. The number of nitrogens with zero attached hydrogens (tertiary/aromatic N) is 1. The van der Waals surface area contributed by atoms with Crippen molar-refractivity contribution in [3.8, 4) is 11.5 Å². The number of ether oxygens (including phenoxy) is 2. The van der Waals surface area contributed by atoms with Gasteiger partial charge in [0.1, 0.15) is 18.0 Å². The third-order valence-corrected chi connectivity index (χ3v) is 7.12. The summed E-state index contributed by atoms with van der Waals surface area (Å²) in [6.45, 7) is -0.468. The smallest absolute Gasteiger partial charge is 0.264 e. The molecule has 1 fully saturated rings. The Morgan fingerprint density at radius 2 is 1.81 bits per heavy atom. The van der Waals surface area contributed by atoms with Gasteiger partial charge in [-0.05, 0) is 37.1 Å². The molecule has 0 aromatic heterocycles. The molecule has 8 nitrogen and oxygen atoms in total. The molecular weight excluding hydrogens is 420 g/mol. The highest BCUT2D eigenvalue weighted by atomic mass is 32.2. The maximum absolute atomic E-state index is 13.5. The van der Waals surface area contributed by atoms with Gasteiger partial charge < -0.3 is 19.9 Å². The van der Waals surface area contributed by atoms with E-state index in [9.17, 15) is 18.3 Å². The van der Waals surface area contributed by atoms with Crippen LogP contribution in [0.5, 0.6) is 11.5 Å². The van der Waals surface area contributed by atoms with E-state index in [4.69, 9.17) is 9.47 Å². The Morgan fingerprint density at radius 1 is 1.10 bits per heavy atom. The predicted molar refractivity (Wildman–Crippen MR) is 117 cm³/mol.